The lowest BCUT2D eigenvalue weighted by Crippen LogP contribution is -2.41. The van der Waals surface area contributed by atoms with E-state index in [-0.39, 0.29) is 35.8 Å². The lowest BCUT2D eigenvalue weighted by Gasteiger charge is -2.31. The number of halogens is 3. The summed E-state index contributed by atoms with van der Waals surface area (Å²) < 4.78 is 56.2. The number of anilines is 1. The molecule has 2 atom stereocenters. The van der Waals surface area contributed by atoms with Crippen LogP contribution in [-0.2, 0) is 12.8 Å². The maximum atomic E-state index is 13.4. The molecule has 2 N–H and O–H groups in total. The number of para-hydroxylation sites is 1. The van der Waals surface area contributed by atoms with Crippen LogP contribution in [0.4, 0.5) is 18.9 Å². The molecule has 0 bridgehead atoms. The van der Waals surface area contributed by atoms with Gasteiger partial charge in [-0.3, -0.25) is 4.79 Å². The number of pyridine rings is 1. The summed E-state index contributed by atoms with van der Waals surface area (Å²) >= 11 is 0. The molecule has 1 aliphatic rings. The minimum Gasteiger partial charge on any atom is -0.497 e. The van der Waals surface area contributed by atoms with E-state index in [2.05, 4.69) is 20.8 Å². The molecule has 0 unspecified atom stereocenters. The van der Waals surface area contributed by atoms with Crippen molar-refractivity contribution in [2.45, 2.75) is 50.6 Å². The van der Waals surface area contributed by atoms with E-state index in [0.29, 0.717) is 17.5 Å². The molecule has 11 heteroatoms. The van der Waals surface area contributed by atoms with Gasteiger partial charge in [0, 0.05) is 23.2 Å². The Hall–Kier alpha value is -4.28. The molecule has 2 aromatic heterocycles. The normalized spacial score (nSPS) is 17.5. The Kier molecular flexibility index (Phi) is 7.58. The van der Waals surface area contributed by atoms with Crippen LogP contribution in [0, 0.1) is 0 Å². The number of rotatable bonds is 8. The number of ether oxygens (including phenoxy) is 2. The smallest absolute Gasteiger partial charge is 0.433 e. The third-order valence-corrected chi connectivity index (χ3v) is 6.63. The van der Waals surface area contributed by atoms with Gasteiger partial charge < -0.3 is 24.6 Å². The van der Waals surface area contributed by atoms with Crippen LogP contribution in [0.15, 0.2) is 65.2 Å². The number of amides is 1. The Morgan fingerprint density at radius 3 is 2.62 bits per heavy atom. The van der Waals surface area contributed by atoms with Crippen LogP contribution < -0.4 is 20.1 Å². The molecular weight excluding hydrogens is 513 g/mol. The van der Waals surface area contributed by atoms with Gasteiger partial charge in [0.15, 0.2) is 0 Å². The van der Waals surface area contributed by atoms with Crippen LogP contribution >= 0.6 is 0 Å². The molecule has 0 radical (unpaired) electrons. The summed E-state index contributed by atoms with van der Waals surface area (Å²) in [5.41, 5.74) is 0.596. The number of benzene rings is 2. The fourth-order valence-corrected chi connectivity index (χ4v) is 4.68. The van der Waals surface area contributed by atoms with Crippen molar-refractivity contribution < 1.29 is 32.0 Å². The van der Waals surface area contributed by atoms with Gasteiger partial charge in [-0.05, 0) is 60.7 Å². The van der Waals surface area contributed by atoms with Crippen LogP contribution in [-0.4, -0.2) is 35.2 Å². The average Bonchev–Trinajstić information content (AvgIpc) is 3.41. The number of nitrogens with one attached hydrogen (secondary N) is 2. The number of hydrogen-bond acceptors (Lipinski definition) is 7. The number of aromatic nitrogens is 2. The molecule has 2 heterocycles. The topological polar surface area (TPSA) is 98.5 Å². The molecule has 1 aliphatic carbocycles. The number of nitrogens with zero attached hydrogens (tertiary/aromatic N) is 2. The lowest BCUT2D eigenvalue weighted by atomic mass is 9.90. The lowest BCUT2D eigenvalue weighted by molar-refractivity contribution is -0.140. The SMILES string of the molecule is COc1ccc(COc2cc(C(=O)N[C@@H]3CCC[C@H](Nc4cc(C(F)(F)F)nc5ccccc45)C3)on2)cc1. The molecule has 5 rings (SSSR count). The van der Waals surface area contributed by atoms with Crippen molar-refractivity contribution in [3.63, 3.8) is 0 Å². The second-order valence-corrected chi connectivity index (χ2v) is 9.41. The van der Waals surface area contributed by atoms with Gasteiger partial charge in [0.05, 0.1) is 18.7 Å². The third-order valence-electron chi connectivity index (χ3n) is 6.63. The van der Waals surface area contributed by atoms with E-state index in [9.17, 15) is 18.0 Å². The molecular formula is C28H27F3N4O4. The quantitative estimate of drug-likeness (QED) is 0.284. The zero-order valence-corrected chi connectivity index (χ0v) is 21.1. The second kappa shape index (κ2) is 11.2. The van der Waals surface area contributed by atoms with E-state index >= 15 is 0 Å². The first-order valence-corrected chi connectivity index (χ1v) is 12.6. The van der Waals surface area contributed by atoms with Gasteiger partial charge >= 0.3 is 6.18 Å². The first kappa shape index (κ1) is 26.3. The van der Waals surface area contributed by atoms with E-state index in [1.807, 2.05) is 24.3 Å². The van der Waals surface area contributed by atoms with Gasteiger partial charge in [0.1, 0.15) is 18.1 Å². The van der Waals surface area contributed by atoms with Crippen LogP contribution in [0.1, 0.15) is 47.5 Å². The van der Waals surface area contributed by atoms with Crippen molar-refractivity contribution in [1.82, 2.24) is 15.5 Å². The maximum absolute atomic E-state index is 13.4. The van der Waals surface area contributed by atoms with E-state index in [1.54, 1.807) is 31.4 Å². The molecule has 204 valence electrons. The Morgan fingerprint density at radius 2 is 1.85 bits per heavy atom. The molecule has 4 aromatic rings. The highest BCUT2D eigenvalue weighted by Crippen LogP contribution is 2.34. The molecule has 1 amide bonds. The predicted molar refractivity (Wildman–Crippen MR) is 138 cm³/mol. The van der Waals surface area contributed by atoms with E-state index in [4.69, 9.17) is 14.0 Å². The molecule has 0 aliphatic heterocycles. The first-order chi connectivity index (χ1) is 18.8. The Morgan fingerprint density at radius 1 is 1.08 bits per heavy atom. The van der Waals surface area contributed by atoms with Gasteiger partial charge in [-0.2, -0.15) is 13.2 Å². The summed E-state index contributed by atoms with van der Waals surface area (Å²) in [5, 5.41) is 10.6. The van der Waals surface area contributed by atoms with Gasteiger partial charge in [-0.25, -0.2) is 4.98 Å². The number of hydrogen-bond donors (Lipinski definition) is 2. The number of methoxy groups -OCH3 is 1. The summed E-state index contributed by atoms with van der Waals surface area (Å²) in [7, 11) is 1.59. The third kappa shape index (κ3) is 6.42. The van der Waals surface area contributed by atoms with Gasteiger partial charge in [-0.15, -0.1) is 0 Å². The van der Waals surface area contributed by atoms with Gasteiger partial charge in [0.25, 0.3) is 11.8 Å². The largest absolute Gasteiger partial charge is 0.497 e. The summed E-state index contributed by atoms with van der Waals surface area (Å²) in [6.07, 6.45) is -1.72. The number of carbonyl (C=O) groups excluding carboxylic acids is 1. The van der Waals surface area contributed by atoms with E-state index < -0.39 is 17.8 Å². The Labute approximate surface area is 222 Å². The molecule has 1 fully saturated rings. The van der Waals surface area contributed by atoms with Crippen molar-refractivity contribution in [1.29, 1.82) is 0 Å². The summed E-state index contributed by atoms with van der Waals surface area (Å²) in [6.45, 7) is 0.243. The van der Waals surface area contributed by atoms with E-state index in [1.165, 1.54) is 6.07 Å². The molecule has 8 nitrogen and oxygen atoms in total. The average molecular weight is 541 g/mol. The van der Waals surface area contributed by atoms with Crippen LogP contribution in [0.5, 0.6) is 11.6 Å². The Balaban J connectivity index is 1.19. The number of carbonyl (C=O) groups is 1. The molecule has 0 saturated heterocycles. The number of alkyl halides is 3. The standard InChI is InChI=1S/C28H27F3N4O4/c1-37-20-11-9-17(10-12-20)16-38-26-15-24(39-35-26)27(36)33-19-6-4-5-18(13-19)32-23-14-25(28(29,30)31)34-22-8-3-2-7-21(22)23/h2-3,7-12,14-15,18-19H,4-6,13,16H2,1H3,(H,32,34)(H,33,36)/t18-,19+/m0/s1. The molecule has 1 saturated carbocycles. The summed E-state index contributed by atoms with van der Waals surface area (Å²) in [4.78, 5) is 16.6. The zero-order valence-electron chi connectivity index (χ0n) is 21.1. The number of fused-ring (bicyclic) bond motifs is 1. The van der Waals surface area contributed by atoms with Crippen LogP contribution in [0.3, 0.4) is 0 Å². The summed E-state index contributed by atoms with van der Waals surface area (Å²) in [5.74, 6) is 0.509. The van der Waals surface area contributed by atoms with Crippen LogP contribution in [0.25, 0.3) is 10.9 Å². The van der Waals surface area contributed by atoms with Crippen molar-refractivity contribution >= 4 is 22.5 Å². The fourth-order valence-electron chi connectivity index (χ4n) is 4.68. The monoisotopic (exact) mass is 540 g/mol. The zero-order chi connectivity index (χ0) is 27.4. The summed E-state index contributed by atoms with van der Waals surface area (Å²) in [6, 6.07) is 16.2. The van der Waals surface area contributed by atoms with Crippen molar-refractivity contribution in [2.24, 2.45) is 0 Å². The van der Waals surface area contributed by atoms with Crippen molar-refractivity contribution in [3.05, 3.63) is 77.7 Å². The van der Waals surface area contributed by atoms with Crippen LogP contribution in [0.2, 0.25) is 0 Å². The minimum atomic E-state index is -4.56. The minimum absolute atomic E-state index is 0.0183. The van der Waals surface area contributed by atoms with Gasteiger partial charge in [0.2, 0.25) is 5.76 Å². The van der Waals surface area contributed by atoms with Crippen molar-refractivity contribution in [2.75, 3.05) is 12.4 Å². The van der Waals surface area contributed by atoms with Crippen molar-refractivity contribution in [3.8, 4) is 11.6 Å². The first-order valence-electron chi connectivity index (χ1n) is 12.6. The maximum Gasteiger partial charge on any atom is 0.433 e. The molecule has 39 heavy (non-hydrogen) atoms. The molecule has 0 spiro atoms. The van der Waals surface area contributed by atoms with E-state index in [0.717, 1.165) is 36.6 Å². The highest BCUT2D eigenvalue weighted by molar-refractivity contribution is 5.92. The Bertz CT molecular complexity index is 1440. The fraction of sp³-hybridized carbons (Fsp3) is 0.321. The highest BCUT2D eigenvalue weighted by atomic mass is 19.4. The predicted octanol–water partition coefficient (Wildman–Crippen LogP) is 5.98. The van der Waals surface area contributed by atoms with Gasteiger partial charge in [-0.1, -0.05) is 30.3 Å². The second-order valence-electron chi connectivity index (χ2n) is 9.41. The highest BCUT2D eigenvalue weighted by Gasteiger charge is 2.34. The molecule has 2 aromatic carbocycles.